The fourth-order valence-electron chi connectivity index (χ4n) is 13.2. The minimum atomic E-state index is -0.518. The normalized spacial score (nSPS) is 36.8. The third-order valence-corrected chi connectivity index (χ3v) is 15.5. The van der Waals surface area contributed by atoms with Crippen molar-refractivity contribution in [2.24, 2.45) is 50.7 Å². The van der Waals surface area contributed by atoms with Crippen molar-refractivity contribution in [3.63, 3.8) is 0 Å². The molecule has 0 amide bonds. The zero-order chi connectivity index (χ0) is 38.7. The zero-order valence-corrected chi connectivity index (χ0v) is 34.0. The second-order valence-corrected chi connectivity index (χ2v) is 19.4. The summed E-state index contributed by atoms with van der Waals surface area (Å²) in [5.74, 6) is 1.03. The van der Waals surface area contributed by atoms with Crippen LogP contribution >= 0.6 is 0 Å². The molecule has 53 heavy (non-hydrogen) atoms. The molecule has 0 N–H and O–H groups in total. The molecule has 5 aliphatic carbocycles. The van der Waals surface area contributed by atoms with E-state index in [0.29, 0.717) is 30.1 Å². The predicted molar refractivity (Wildman–Crippen MR) is 203 cm³/mol. The van der Waals surface area contributed by atoms with Gasteiger partial charge in [0.2, 0.25) is 0 Å². The maximum atomic E-state index is 13.4. The van der Waals surface area contributed by atoms with Gasteiger partial charge >= 0.3 is 23.9 Å². The fraction of sp³-hybridized carbons (Fsp3) is 0.733. The van der Waals surface area contributed by atoms with E-state index in [-0.39, 0.29) is 69.1 Å². The van der Waals surface area contributed by atoms with E-state index in [1.54, 1.807) is 30.7 Å². The van der Waals surface area contributed by atoms with Gasteiger partial charge in [0.15, 0.2) is 11.5 Å². The molecule has 5 aliphatic rings. The summed E-state index contributed by atoms with van der Waals surface area (Å²) in [7, 11) is 0. The van der Waals surface area contributed by atoms with E-state index in [2.05, 4.69) is 54.5 Å². The Hall–Kier alpha value is -3.16. The van der Waals surface area contributed by atoms with Gasteiger partial charge in [-0.15, -0.1) is 0 Å². The van der Waals surface area contributed by atoms with E-state index in [1.807, 2.05) is 0 Å². The Kier molecular flexibility index (Phi) is 10.6. The number of carbonyl (C=O) groups excluding carboxylic acids is 4. The summed E-state index contributed by atoms with van der Waals surface area (Å²) in [5.41, 5.74) is 2.87. The number of hydrogen-bond donors (Lipinski definition) is 0. The highest BCUT2D eigenvalue weighted by Crippen LogP contribution is 2.70. The molecule has 1 aromatic rings. The SMILES string of the molecule is CC(=O)Oc1ccc(CCC(=O)OC2CCC3(C)C4CCC5C(=CCC6C(C)(C)C(OC(C)=O)CCC56C)CC4(C)CCC3C2(C)C)cc1OC(C)=O. The Labute approximate surface area is 317 Å². The van der Waals surface area contributed by atoms with Crippen molar-refractivity contribution in [1.29, 1.82) is 0 Å². The molecule has 4 fully saturated rings. The lowest BCUT2D eigenvalue weighted by Gasteiger charge is -2.64. The molecule has 0 aromatic heterocycles. The van der Waals surface area contributed by atoms with Crippen LogP contribution in [0.15, 0.2) is 29.8 Å². The van der Waals surface area contributed by atoms with Crippen molar-refractivity contribution in [3.8, 4) is 11.5 Å². The average molecular weight is 733 g/mol. The van der Waals surface area contributed by atoms with Crippen molar-refractivity contribution in [2.45, 2.75) is 158 Å². The van der Waals surface area contributed by atoms with Crippen molar-refractivity contribution in [3.05, 3.63) is 35.4 Å². The number of allylic oxidation sites excluding steroid dienone is 2. The molecule has 0 bridgehead atoms. The summed E-state index contributed by atoms with van der Waals surface area (Å²) in [6.45, 7) is 21.2. The molecule has 292 valence electrons. The highest BCUT2D eigenvalue weighted by Gasteiger charge is 2.64. The van der Waals surface area contributed by atoms with Crippen LogP contribution in [0.2, 0.25) is 0 Å². The molecule has 0 spiro atoms. The van der Waals surface area contributed by atoms with Crippen LogP contribution in [0.4, 0.5) is 0 Å². The molecule has 9 atom stereocenters. The smallest absolute Gasteiger partial charge is 0.308 e. The lowest BCUT2D eigenvalue weighted by Crippen LogP contribution is -2.59. The summed E-state index contributed by atoms with van der Waals surface area (Å²) >= 11 is 0. The van der Waals surface area contributed by atoms with Gasteiger partial charge in [0.25, 0.3) is 0 Å². The third-order valence-electron chi connectivity index (χ3n) is 15.5. The van der Waals surface area contributed by atoms with Crippen LogP contribution in [0.5, 0.6) is 11.5 Å². The van der Waals surface area contributed by atoms with Gasteiger partial charge in [0.1, 0.15) is 12.2 Å². The Bertz CT molecular complexity index is 1650. The van der Waals surface area contributed by atoms with Gasteiger partial charge in [0.05, 0.1) is 0 Å². The molecule has 8 heteroatoms. The van der Waals surface area contributed by atoms with Crippen LogP contribution in [0, 0.1) is 50.7 Å². The van der Waals surface area contributed by atoms with Crippen LogP contribution in [0.3, 0.4) is 0 Å². The maximum Gasteiger partial charge on any atom is 0.308 e. The number of hydrogen-bond acceptors (Lipinski definition) is 8. The summed E-state index contributed by atoms with van der Waals surface area (Å²) in [4.78, 5) is 48.6. The van der Waals surface area contributed by atoms with Crippen molar-refractivity contribution < 1.29 is 38.1 Å². The molecule has 9 unspecified atom stereocenters. The van der Waals surface area contributed by atoms with Gasteiger partial charge in [-0.3, -0.25) is 19.2 Å². The Balaban J connectivity index is 1.14. The van der Waals surface area contributed by atoms with Crippen LogP contribution in [0.1, 0.15) is 145 Å². The van der Waals surface area contributed by atoms with Crippen molar-refractivity contribution in [1.82, 2.24) is 0 Å². The lowest BCUT2D eigenvalue weighted by molar-refractivity contribution is -0.193. The van der Waals surface area contributed by atoms with E-state index < -0.39 is 11.9 Å². The Morgan fingerprint density at radius 2 is 1.28 bits per heavy atom. The summed E-state index contributed by atoms with van der Waals surface area (Å²) in [6.07, 6.45) is 14.1. The molecule has 4 saturated carbocycles. The van der Waals surface area contributed by atoms with Crippen LogP contribution in [-0.2, 0) is 35.1 Å². The highest BCUT2D eigenvalue weighted by molar-refractivity contribution is 5.74. The number of rotatable bonds is 7. The number of ether oxygens (including phenoxy) is 4. The number of fused-ring (bicyclic) bond motifs is 6. The van der Waals surface area contributed by atoms with Gasteiger partial charge in [-0.25, -0.2) is 0 Å². The van der Waals surface area contributed by atoms with Gasteiger partial charge < -0.3 is 18.9 Å². The fourth-order valence-corrected chi connectivity index (χ4v) is 13.2. The van der Waals surface area contributed by atoms with Crippen molar-refractivity contribution in [2.75, 3.05) is 0 Å². The van der Waals surface area contributed by atoms with E-state index in [1.165, 1.54) is 39.5 Å². The van der Waals surface area contributed by atoms with E-state index in [9.17, 15) is 19.2 Å². The molecule has 0 heterocycles. The quantitative estimate of drug-likeness (QED) is 0.155. The molecular formula is C45H64O8. The number of benzene rings is 1. The second-order valence-electron chi connectivity index (χ2n) is 19.4. The largest absolute Gasteiger partial charge is 0.462 e. The van der Waals surface area contributed by atoms with E-state index in [4.69, 9.17) is 18.9 Å². The first-order valence-electron chi connectivity index (χ1n) is 20.3. The zero-order valence-electron chi connectivity index (χ0n) is 34.0. The van der Waals surface area contributed by atoms with E-state index >= 15 is 0 Å². The Morgan fingerprint density at radius 1 is 0.660 bits per heavy atom. The second kappa shape index (κ2) is 14.2. The van der Waals surface area contributed by atoms with Gasteiger partial charge in [-0.1, -0.05) is 66.2 Å². The summed E-state index contributed by atoms with van der Waals surface area (Å²) in [5, 5.41) is 0. The first-order chi connectivity index (χ1) is 24.7. The first kappa shape index (κ1) is 39.5. The van der Waals surface area contributed by atoms with Crippen LogP contribution < -0.4 is 9.47 Å². The Morgan fingerprint density at radius 3 is 1.94 bits per heavy atom. The first-order valence-corrected chi connectivity index (χ1v) is 20.3. The van der Waals surface area contributed by atoms with E-state index in [0.717, 1.165) is 44.1 Å². The van der Waals surface area contributed by atoms with Gasteiger partial charge in [-0.2, -0.15) is 0 Å². The van der Waals surface area contributed by atoms with Crippen molar-refractivity contribution >= 4 is 23.9 Å². The number of aryl methyl sites for hydroxylation is 1. The van der Waals surface area contributed by atoms with Crippen LogP contribution in [-0.4, -0.2) is 36.1 Å². The number of esters is 4. The molecular weight excluding hydrogens is 668 g/mol. The summed E-state index contributed by atoms with van der Waals surface area (Å²) < 4.78 is 22.7. The highest BCUT2D eigenvalue weighted by atomic mass is 16.6. The molecule has 0 saturated heterocycles. The maximum absolute atomic E-state index is 13.4. The predicted octanol–water partition coefficient (Wildman–Crippen LogP) is 9.74. The molecule has 0 aliphatic heterocycles. The molecule has 0 radical (unpaired) electrons. The molecule has 8 nitrogen and oxygen atoms in total. The lowest BCUT2D eigenvalue weighted by atomic mass is 9.42. The third kappa shape index (κ3) is 7.22. The number of carbonyl (C=O) groups is 4. The standard InChI is InChI=1S/C45H64O8/c1-27(46)50-33-15-11-30(25-34(33)51-28(2)47)12-18-40(49)53-39-21-24-45(10)36(42(39,6)7)19-22-43(8)26-31-13-16-35-41(4,5)38(52-29(3)48)20-23-44(35,9)32(31)14-17-37(43)45/h11,13,15,25,32,35-39H,12,14,16-24,26H2,1-10H3. The molecule has 1 aromatic carbocycles. The van der Waals surface area contributed by atoms with Gasteiger partial charge in [0, 0.05) is 38.0 Å². The topological polar surface area (TPSA) is 105 Å². The minimum Gasteiger partial charge on any atom is -0.462 e. The average Bonchev–Trinajstić information content (AvgIpc) is 3.20. The van der Waals surface area contributed by atoms with Gasteiger partial charge in [-0.05, 0) is 128 Å². The summed E-state index contributed by atoms with van der Waals surface area (Å²) in [6, 6.07) is 5.02. The van der Waals surface area contributed by atoms with Crippen LogP contribution in [0.25, 0.3) is 0 Å². The monoisotopic (exact) mass is 732 g/mol. The minimum absolute atomic E-state index is 0.0226. The molecule has 6 rings (SSSR count).